The Bertz CT molecular complexity index is 764. The van der Waals surface area contributed by atoms with E-state index in [9.17, 15) is 8.42 Å². The van der Waals surface area contributed by atoms with Gasteiger partial charge in [0.1, 0.15) is 4.90 Å². The molecule has 114 valence electrons. The van der Waals surface area contributed by atoms with E-state index in [-0.39, 0.29) is 26.2 Å². The van der Waals surface area contributed by atoms with Crippen molar-refractivity contribution < 1.29 is 8.42 Å². The number of halogens is 2. The smallest absolute Gasteiger partial charge is 0.264 e. The standard InChI is InChI=1S/C13H15Cl2N3O2S/c1-13(2,3)10-7-11(17-16-10)18-21(19,20)9-6-4-5-8(14)12(9)15/h4-7H,1-3H3,(H2,16,17,18). The zero-order valence-corrected chi connectivity index (χ0v) is 14.1. The number of hydrogen-bond donors (Lipinski definition) is 2. The number of rotatable bonds is 3. The summed E-state index contributed by atoms with van der Waals surface area (Å²) in [6, 6.07) is 6.08. The van der Waals surface area contributed by atoms with Gasteiger partial charge >= 0.3 is 0 Å². The molecule has 0 aliphatic heterocycles. The van der Waals surface area contributed by atoms with Crippen LogP contribution in [0.15, 0.2) is 29.2 Å². The molecule has 2 aromatic rings. The monoisotopic (exact) mass is 347 g/mol. The van der Waals surface area contributed by atoms with Crippen LogP contribution in [0.5, 0.6) is 0 Å². The fourth-order valence-electron chi connectivity index (χ4n) is 1.64. The lowest BCUT2D eigenvalue weighted by molar-refractivity contribution is 0.567. The molecule has 0 aliphatic carbocycles. The number of benzene rings is 1. The van der Waals surface area contributed by atoms with E-state index in [1.807, 2.05) is 20.8 Å². The Labute approximate surface area is 133 Å². The van der Waals surface area contributed by atoms with Crippen LogP contribution in [0.1, 0.15) is 26.5 Å². The van der Waals surface area contributed by atoms with E-state index in [1.54, 1.807) is 6.07 Å². The Hall–Kier alpha value is -1.24. The van der Waals surface area contributed by atoms with E-state index >= 15 is 0 Å². The first kappa shape index (κ1) is 16.1. The van der Waals surface area contributed by atoms with Crippen LogP contribution < -0.4 is 4.72 Å². The third-order valence-electron chi connectivity index (χ3n) is 2.83. The minimum atomic E-state index is -3.85. The van der Waals surface area contributed by atoms with Crippen LogP contribution in [-0.4, -0.2) is 18.6 Å². The van der Waals surface area contributed by atoms with Gasteiger partial charge in [-0.05, 0) is 12.1 Å². The molecule has 0 aliphatic rings. The molecule has 0 saturated carbocycles. The van der Waals surface area contributed by atoms with E-state index in [0.29, 0.717) is 0 Å². The van der Waals surface area contributed by atoms with Crippen LogP contribution in [0.2, 0.25) is 10.0 Å². The topological polar surface area (TPSA) is 74.8 Å². The summed E-state index contributed by atoms with van der Waals surface area (Å²) in [7, 11) is -3.85. The van der Waals surface area contributed by atoms with E-state index in [0.717, 1.165) is 5.69 Å². The molecular weight excluding hydrogens is 333 g/mol. The van der Waals surface area contributed by atoms with Crippen molar-refractivity contribution in [2.24, 2.45) is 0 Å². The number of nitrogens with one attached hydrogen (secondary N) is 2. The fraction of sp³-hybridized carbons (Fsp3) is 0.308. The van der Waals surface area contributed by atoms with Gasteiger partial charge in [0.25, 0.3) is 10.0 Å². The second-order valence-electron chi connectivity index (χ2n) is 5.57. The molecule has 0 fully saturated rings. The van der Waals surface area contributed by atoms with Gasteiger partial charge in [-0.25, -0.2) is 8.42 Å². The summed E-state index contributed by atoms with van der Waals surface area (Å²) in [5.74, 6) is 0.205. The quantitative estimate of drug-likeness (QED) is 0.886. The molecule has 0 bridgehead atoms. The van der Waals surface area contributed by atoms with Crippen molar-refractivity contribution in [3.63, 3.8) is 0 Å². The molecule has 8 heteroatoms. The van der Waals surface area contributed by atoms with Crippen molar-refractivity contribution in [2.75, 3.05) is 4.72 Å². The van der Waals surface area contributed by atoms with Crippen LogP contribution in [0, 0.1) is 0 Å². The van der Waals surface area contributed by atoms with Gasteiger partial charge in [0, 0.05) is 17.2 Å². The average Bonchev–Trinajstić information content (AvgIpc) is 2.80. The first-order valence-corrected chi connectivity index (χ1v) is 8.38. The summed E-state index contributed by atoms with van der Waals surface area (Å²) < 4.78 is 27.0. The van der Waals surface area contributed by atoms with Crippen LogP contribution in [0.3, 0.4) is 0 Å². The molecule has 0 saturated heterocycles. The Kier molecular flexibility index (Phi) is 4.24. The van der Waals surface area contributed by atoms with Crippen molar-refractivity contribution in [3.05, 3.63) is 40.0 Å². The zero-order valence-electron chi connectivity index (χ0n) is 11.7. The second-order valence-corrected chi connectivity index (χ2v) is 8.01. The van der Waals surface area contributed by atoms with Crippen LogP contribution in [0.25, 0.3) is 0 Å². The summed E-state index contributed by atoms with van der Waals surface area (Å²) in [5, 5.41) is 6.93. The van der Waals surface area contributed by atoms with Gasteiger partial charge in [0.15, 0.2) is 5.82 Å². The molecule has 2 N–H and O–H groups in total. The second kappa shape index (κ2) is 5.51. The maximum Gasteiger partial charge on any atom is 0.264 e. The predicted molar refractivity (Wildman–Crippen MR) is 84.6 cm³/mol. The molecule has 5 nitrogen and oxygen atoms in total. The number of sulfonamides is 1. The minimum Gasteiger partial charge on any atom is -0.280 e. The van der Waals surface area contributed by atoms with Gasteiger partial charge in [0.2, 0.25) is 0 Å². The maximum absolute atomic E-state index is 12.3. The zero-order chi connectivity index (χ0) is 15.8. The number of H-pyrrole nitrogens is 1. The van der Waals surface area contributed by atoms with Crippen molar-refractivity contribution in [1.29, 1.82) is 0 Å². The average molecular weight is 348 g/mol. The van der Waals surface area contributed by atoms with Gasteiger partial charge in [-0.3, -0.25) is 9.82 Å². The van der Waals surface area contributed by atoms with Crippen molar-refractivity contribution in [3.8, 4) is 0 Å². The first-order chi connectivity index (χ1) is 9.61. The lowest BCUT2D eigenvalue weighted by Crippen LogP contribution is -2.14. The van der Waals surface area contributed by atoms with Crippen LogP contribution in [0.4, 0.5) is 5.82 Å². The minimum absolute atomic E-state index is 0.0155. The largest absolute Gasteiger partial charge is 0.280 e. The molecule has 0 spiro atoms. The molecule has 1 aromatic heterocycles. The normalized spacial score (nSPS) is 12.4. The number of aromatic amines is 1. The summed E-state index contributed by atoms with van der Waals surface area (Å²) in [4.78, 5) is -0.0861. The summed E-state index contributed by atoms with van der Waals surface area (Å²) in [6.07, 6.45) is 0. The molecule has 0 atom stereocenters. The van der Waals surface area contributed by atoms with E-state index < -0.39 is 10.0 Å². The van der Waals surface area contributed by atoms with Crippen LogP contribution >= 0.6 is 23.2 Å². The molecule has 0 amide bonds. The van der Waals surface area contributed by atoms with E-state index in [2.05, 4.69) is 14.9 Å². The number of hydrogen-bond acceptors (Lipinski definition) is 3. The SMILES string of the molecule is CC(C)(C)c1cc(NS(=O)(=O)c2cccc(Cl)c2Cl)n[nH]1. The summed E-state index contributed by atoms with van der Waals surface area (Å²) in [6.45, 7) is 5.98. The lowest BCUT2D eigenvalue weighted by atomic mass is 9.92. The van der Waals surface area contributed by atoms with Gasteiger partial charge in [-0.15, -0.1) is 0 Å². The van der Waals surface area contributed by atoms with Crippen molar-refractivity contribution in [1.82, 2.24) is 10.2 Å². The van der Waals surface area contributed by atoms with Gasteiger partial charge in [-0.2, -0.15) is 5.10 Å². The van der Waals surface area contributed by atoms with E-state index in [4.69, 9.17) is 23.2 Å². The summed E-state index contributed by atoms with van der Waals surface area (Å²) >= 11 is 11.8. The third kappa shape index (κ3) is 3.51. The molecule has 2 rings (SSSR count). The Morgan fingerprint density at radius 2 is 1.90 bits per heavy atom. The number of anilines is 1. The van der Waals surface area contributed by atoms with Crippen LogP contribution in [-0.2, 0) is 15.4 Å². The predicted octanol–water partition coefficient (Wildman–Crippen LogP) is 3.81. The highest BCUT2D eigenvalue weighted by atomic mass is 35.5. The lowest BCUT2D eigenvalue weighted by Gasteiger charge is -2.14. The number of nitrogens with zero attached hydrogens (tertiary/aromatic N) is 1. The van der Waals surface area contributed by atoms with E-state index in [1.165, 1.54) is 18.2 Å². The van der Waals surface area contributed by atoms with Gasteiger partial charge in [-0.1, -0.05) is 50.0 Å². The molecular formula is C13H15Cl2N3O2S. The highest BCUT2D eigenvalue weighted by Gasteiger charge is 2.22. The van der Waals surface area contributed by atoms with Gasteiger partial charge in [0.05, 0.1) is 10.0 Å². The maximum atomic E-state index is 12.3. The van der Waals surface area contributed by atoms with Crippen molar-refractivity contribution in [2.45, 2.75) is 31.1 Å². The van der Waals surface area contributed by atoms with Gasteiger partial charge < -0.3 is 0 Å². The Morgan fingerprint density at radius 1 is 1.24 bits per heavy atom. The Morgan fingerprint density at radius 3 is 2.48 bits per heavy atom. The molecule has 1 aromatic carbocycles. The number of aromatic nitrogens is 2. The molecule has 1 heterocycles. The van der Waals surface area contributed by atoms with Crippen molar-refractivity contribution >= 4 is 39.0 Å². The first-order valence-electron chi connectivity index (χ1n) is 6.14. The fourth-order valence-corrected chi connectivity index (χ4v) is 3.40. The third-order valence-corrected chi connectivity index (χ3v) is 5.16. The Balaban J connectivity index is 2.34. The highest BCUT2D eigenvalue weighted by molar-refractivity contribution is 7.92. The summed E-state index contributed by atoms with van der Waals surface area (Å²) in [5.41, 5.74) is 0.655. The molecule has 0 unspecified atom stereocenters. The molecule has 0 radical (unpaired) electrons. The molecule has 21 heavy (non-hydrogen) atoms. The highest BCUT2D eigenvalue weighted by Crippen LogP contribution is 2.30.